The number of para-hydroxylation sites is 1. The van der Waals surface area contributed by atoms with Crippen LogP contribution in [0.4, 0.5) is 0 Å². The zero-order chi connectivity index (χ0) is 26.6. The van der Waals surface area contributed by atoms with Crippen LogP contribution in [0.2, 0.25) is 0 Å². The molecule has 0 unspecified atom stereocenters. The van der Waals surface area contributed by atoms with E-state index in [-0.39, 0.29) is 35.7 Å². The van der Waals surface area contributed by atoms with Crippen LogP contribution in [0.5, 0.6) is 0 Å². The number of nitrogens with zero attached hydrogens (tertiary/aromatic N) is 2. The van der Waals surface area contributed by atoms with Gasteiger partial charge in [0, 0.05) is 42.1 Å². The molecule has 37 heavy (non-hydrogen) atoms. The predicted molar refractivity (Wildman–Crippen MR) is 151 cm³/mol. The number of hydrogen-bond acceptors (Lipinski definition) is 2. The van der Waals surface area contributed by atoms with Gasteiger partial charge in [-0.15, -0.1) is 0 Å². The second-order valence-corrected chi connectivity index (χ2v) is 11.9. The monoisotopic (exact) mass is 501 g/mol. The van der Waals surface area contributed by atoms with Crippen molar-refractivity contribution in [2.45, 2.75) is 84.7 Å². The summed E-state index contributed by atoms with van der Waals surface area (Å²) in [7, 11) is 0. The third-order valence-corrected chi connectivity index (χ3v) is 7.79. The molecule has 2 aromatic carbocycles. The van der Waals surface area contributed by atoms with Crippen LogP contribution in [-0.4, -0.2) is 45.7 Å². The zero-order valence-corrected chi connectivity index (χ0v) is 23.2. The summed E-state index contributed by atoms with van der Waals surface area (Å²) >= 11 is 0. The average Bonchev–Trinajstić information content (AvgIpc) is 3.55. The van der Waals surface area contributed by atoms with Gasteiger partial charge in [-0.3, -0.25) is 9.59 Å². The van der Waals surface area contributed by atoms with Gasteiger partial charge in [0.05, 0.1) is 6.54 Å². The number of aromatic nitrogens is 1. The number of H-pyrrole nitrogens is 1. The van der Waals surface area contributed by atoms with Crippen LogP contribution in [0.25, 0.3) is 10.9 Å². The third-order valence-electron chi connectivity index (χ3n) is 7.79. The van der Waals surface area contributed by atoms with E-state index in [0.717, 1.165) is 43.2 Å². The Balaban J connectivity index is 1.53. The summed E-state index contributed by atoms with van der Waals surface area (Å²) in [5, 5.41) is 1.20. The van der Waals surface area contributed by atoms with Gasteiger partial charge in [0.25, 0.3) is 0 Å². The van der Waals surface area contributed by atoms with Gasteiger partial charge < -0.3 is 14.8 Å². The second-order valence-electron chi connectivity index (χ2n) is 11.9. The van der Waals surface area contributed by atoms with E-state index in [4.69, 9.17) is 0 Å². The van der Waals surface area contributed by atoms with Gasteiger partial charge in [-0.05, 0) is 61.3 Å². The fraction of sp³-hybridized carbons (Fsp3) is 0.500. The molecule has 1 aliphatic rings. The lowest BCUT2D eigenvalue weighted by Gasteiger charge is -2.32. The van der Waals surface area contributed by atoms with Crippen LogP contribution in [0, 0.1) is 5.92 Å². The number of rotatable bonds is 9. The normalized spacial score (nSPS) is 14.4. The Hall–Kier alpha value is -3.08. The van der Waals surface area contributed by atoms with Gasteiger partial charge >= 0.3 is 0 Å². The van der Waals surface area contributed by atoms with Crippen LogP contribution in [0.1, 0.15) is 77.0 Å². The van der Waals surface area contributed by atoms with Gasteiger partial charge in [0.2, 0.25) is 11.8 Å². The maximum Gasteiger partial charge on any atom is 0.242 e. The lowest BCUT2D eigenvalue weighted by atomic mass is 9.87. The highest BCUT2D eigenvalue weighted by Crippen LogP contribution is 2.28. The lowest BCUT2D eigenvalue weighted by Crippen LogP contribution is -2.47. The van der Waals surface area contributed by atoms with Crippen molar-refractivity contribution in [1.29, 1.82) is 0 Å². The fourth-order valence-electron chi connectivity index (χ4n) is 5.38. The highest BCUT2D eigenvalue weighted by Gasteiger charge is 2.31. The molecule has 1 aromatic heterocycles. The van der Waals surface area contributed by atoms with E-state index >= 15 is 0 Å². The molecule has 198 valence electrons. The van der Waals surface area contributed by atoms with Gasteiger partial charge in [-0.1, -0.05) is 76.1 Å². The summed E-state index contributed by atoms with van der Waals surface area (Å²) in [5.41, 5.74) is 4.79. The Labute approximate surface area is 222 Å². The van der Waals surface area contributed by atoms with Gasteiger partial charge in [-0.25, -0.2) is 0 Å². The maximum atomic E-state index is 13.8. The number of benzene rings is 2. The molecule has 3 aromatic rings. The topological polar surface area (TPSA) is 56.4 Å². The summed E-state index contributed by atoms with van der Waals surface area (Å²) in [6.07, 6.45) is 6.92. The number of aromatic amines is 1. The van der Waals surface area contributed by atoms with Crippen molar-refractivity contribution >= 4 is 22.7 Å². The van der Waals surface area contributed by atoms with Crippen molar-refractivity contribution in [1.82, 2.24) is 14.8 Å². The van der Waals surface area contributed by atoms with Gasteiger partial charge in [0.1, 0.15) is 0 Å². The number of nitrogens with one attached hydrogen (secondary N) is 1. The Morgan fingerprint density at radius 2 is 1.68 bits per heavy atom. The first-order valence-electron chi connectivity index (χ1n) is 13.9. The largest absolute Gasteiger partial charge is 0.361 e. The van der Waals surface area contributed by atoms with Crippen molar-refractivity contribution in [2.75, 3.05) is 13.1 Å². The average molecular weight is 502 g/mol. The van der Waals surface area contributed by atoms with Crippen LogP contribution < -0.4 is 0 Å². The third kappa shape index (κ3) is 6.63. The molecule has 1 saturated carbocycles. The zero-order valence-electron chi connectivity index (χ0n) is 23.2. The number of hydrogen-bond donors (Lipinski definition) is 1. The predicted octanol–water partition coefficient (Wildman–Crippen LogP) is 6.46. The molecule has 5 heteroatoms. The van der Waals surface area contributed by atoms with Crippen molar-refractivity contribution in [3.05, 3.63) is 71.4 Å². The van der Waals surface area contributed by atoms with E-state index in [9.17, 15) is 9.59 Å². The number of amides is 2. The summed E-state index contributed by atoms with van der Waals surface area (Å²) in [4.78, 5) is 34.1. The first kappa shape index (κ1) is 27.0. The molecular formula is C32H43N3O2. The lowest BCUT2D eigenvalue weighted by molar-refractivity contribution is -0.144. The molecule has 4 rings (SSSR count). The first-order valence-corrected chi connectivity index (χ1v) is 13.9. The van der Waals surface area contributed by atoms with Crippen LogP contribution in [0.15, 0.2) is 54.7 Å². The quantitative estimate of drug-likeness (QED) is 0.366. The Morgan fingerprint density at radius 3 is 2.32 bits per heavy atom. The molecular weight excluding hydrogens is 458 g/mol. The molecule has 1 heterocycles. The minimum Gasteiger partial charge on any atom is -0.361 e. The highest BCUT2D eigenvalue weighted by molar-refractivity contribution is 5.86. The van der Waals surface area contributed by atoms with Crippen LogP contribution >= 0.6 is 0 Å². The maximum absolute atomic E-state index is 13.8. The number of carbonyl (C=O) groups excluding carboxylic acids is 2. The summed E-state index contributed by atoms with van der Waals surface area (Å²) in [6.45, 7) is 11.9. The summed E-state index contributed by atoms with van der Waals surface area (Å²) < 4.78 is 0. The Bertz CT molecular complexity index is 1200. The van der Waals surface area contributed by atoms with E-state index < -0.39 is 0 Å². The van der Waals surface area contributed by atoms with E-state index in [1.807, 2.05) is 24.8 Å². The molecule has 5 nitrogen and oxygen atoms in total. The van der Waals surface area contributed by atoms with Crippen molar-refractivity contribution in [2.24, 2.45) is 5.92 Å². The second kappa shape index (κ2) is 11.5. The van der Waals surface area contributed by atoms with Crippen molar-refractivity contribution in [3.63, 3.8) is 0 Å². The standard InChI is InChI=1S/C32H43N3O2/c1-23(2)35(31(37)25-10-6-7-11-25)22-30(36)34(21-24-14-16-27(17-15-24)32(3,4)5)19-18-26-20-33-29-13-9-8-12-28(26)29/h8-9,12-17,20,23,25,33H,6-7,10-11,18-19,21-22H2,1-5H3. The van der Waals surface area contributed by atoms with Crippen molar-refractivity contribution in [3.8, 4) is 0 Å². The minimum atomic E-state index is -0.00131. The summed E-state index contributed by atoms with van der Waals surface area (Å²) in [5.74, 6) is 0.228. The molecule has 1 fully saturated rings. The summed E-state index contributed by atoms with van der Waals surface area (Å²) in [6, 6.07) is 16.9. The van der Waals surface area contributed by atoms with E-state index in [2.05, 4.69) is 74.4 Å². The van der Waals surface area contributed by atoms with E-state index in [0.29, 0.717) is 13.1 Å². The molecule has 0 spiro atoms. The molecule has 2 amide bonds. The Morgan fingerprint density at radius 1 is 1.00 bits per heavy atom. The Kier molecular flexibility index (Phi) is 8.41. The van der Waals surface area contributed by atoms with Crippen LogP contribution in [-0.2, 0) is 28.0 Å². The van der Waals surface area contributed by atoms with E-state index in [1.165, 1.54) is 16.5 Å². The molecule has 0 atom stereocenters. The van der Waals surface area contributed by atoms with E-state index in [1.54, 1.807) is 4.90 Å². The SMILES string of the molecule is CC(C)N(CC(=O)N(CCc1c[nH]c2ccccc12)Cc1ccc(C(C)(C)C)cc1)C(=O)C1CCCC1. The number of carbonyl (C=O) groups is 2. The fourth-order valence-corrected chi connectivity index (χ4v) is 5.38. The van der Waals surface area contributed by atoms with Crippen molar-refractivity contribution < 1.29 is 9.59 Å². The smallest absolute Gasteiger partial charge is 0.242 e. The van der Waals surface area contributed by atoms with Gasteiger partial charge in [-0.2, -0.15) is 0 Å². The van der Waals surface area contributed by atoms with Gasteiger partial charge in [0.15, 0.2) is 0 Å². The molecule has 0 aliphatic heterocycles. The molecule has 0 radical (unpaired) electrons. The number of fused-ring (bicyclic) bond motifs is 1. The highest BCUT2D eigenvalue weighted by atomic mass is 16.2. The molecule has 1 aliphatic carbocycles. The molecule has 0 bridgehead atoms. The molecule has 1 N–H and O–H groups in total. The first-order chi connectivity index (χ1) is 17.6. The molecule has 0 saturated heterocycles. The van der Waals surface area contributed by atoms with Crippen LogP contribution in [0.3, 0.4) is 0 Å². The minimum absolute atomic E-state index is 0.00131.